The molecule has 0 spiro atoms. The van der Waals surface area contributed by atoms with Crippen LogP contribution < -0.4 is 9.47 Å². The van der Waals surface area contributed by atoms with Crippen LogP contribution in [0, 0.1) is 6.92 Å². The summed E-state index contributed by atoms with van der Waals surface area (Å²) in [6.07, 6.45) is -0.628. The fraction of sp³-hybridized carbons (Fsp3) is 0.500. The first kappa shape index (κ1) is 13.7. The molecule has 0 heterocycles. The van der Waals surface area contributed by atoms with Gasteiger partial charge in [0.1, 0.15) is 11.5 Å². The number of alkyl halides is 2. The Balaban J connectivity index is 3.31. The number of aliphatic hydroxyl groups is 1. The van der Waals surface area contributed by atoms with Crippen molar-refractivity contribution in [3.8, 4) is 11.5 Å². The average Bonchev–Trinajstić information content (AvgIpc) is 2.27. The van der Waals surface area contributed by atoms with E-state index in [4.69, 9.17) is 14.6 Å². The fourth-order valence-electron chi connectivity index (χ4n) is 1.74. The van der Waals surface area contributed by atoms with Gasteiger partial charge in [-0.2, -0.15) is 0 Å². The lowest BCUT2D eigenvalue weighted by Crippen LogP contribution is -2.18. The predicted octanol–water partition coefficient (Wildman–Crippen LogP) is 2.49. The summed E-state index contributed by atoms with van der Waals surface area (Å²) >= 11 is 0. The number of hydrogen-bond donors (Lipinski definition) is 1. The van der Waals surface area contributed by atoms with Crippen LogP contribution in [0.15, 0.2) is 12.1 Å². The molecule has 1 aromatic carbocycles. The SMILES string of the molecule is COc1cc(C)c(C(F)(F)CCO)c(OC)c1. The maximum absolute atomic E-state index is 13.8. The first-order valence-electron chi connectivity index (χ1n) is 5.18. The molecule has 0 saturated heterocycles. The van der Waals surface area contributed by atoms with Gasteiger partial charge in [-0.25, -0.2) is 8.78 Å². The van der Waals surface area contributed by atoms with E-state index in [-0.39, 0.29) is 11.3 Å². The van der Waals surface area contributed by atoms with Crippen LogP contribution in [0.5, 0.6) is 11.5 Å². The monoisotopic (exact) mass is 246 g/mol. The van der Waals surface area contributed by atoms with Crippen molar-refractivity contribution >= 4 is 0 Å². The van der Waals surface area contributed by atoms with Gasteiger partial charge in [0.05, 0.1) is 19.8 Å². The minimum Gasteiger partial charge on any atom is -0.497 e. The van der Waals surface area contributed by atoms with E-state index in [9.17, 15) is 8.78 Å². The molecule has 5 heteroatoms. The number of benzene rings is 1. The summed E-state index contributed by atoms with van der Waals surface area (Å²) < 4.78 is 37.6. The summed E-state index contributed by atoms with van der Waals surface area (Å²) in [5, 5.41) is 8.67. The highest BCUT2D eigenvalue weighted by Crippen LogP contribution is 2.41. The van der Waals surface area contributed by atoms with Gasteiger partial charge in [-0.15, -0.1) is 0 Å². The molecule has 0 unspecified atom stereocenters. The highest BCUT2D eigenvalue weighted by atomic mass is 19.3. The quantitative estimate of drug-likeness (QED) is 0.867. The summed E-state index contributed by atoms with van der Waals surface area (Å²) in [6.45, 7) is 0.979. The Morgan fingerprint density at radius 2 is 1.88 bits per heavy atom. The zero-order chi connectivity index (χ0) is 13.1. The van der Waals surface area contributed by atoms with E-state index in [1.54, 1.807) is 6.92 Å². The first-order chi connectivity index (χ1) is 7.96. The van der Waals surface area contributed by atoms with Crippen LogP contribution in [0.3, 0.4) is 0 Å². The van der Waals surface area contributed by atoms with Crippen LogP contribution in [0.1, 0.15) is 17.5 Å². The van der Waals surface area contributed by atoms with E-state index < -0.39 is 19.0 Å². The van der Waals surface area contributed by atoms with Crippen LogP contribution in [0.25, 0.3) is 0 Å². The lowest BCUT2D eigenvalue weighted by atomic mass is 9.98. The highest BCUT2D eigenvalue weighted by molar-refractivity contribution is 5.48. The second-order valence-electron chi connectivity index (χ2n) is 3.70. The third-order valence-corrected chi connectivity index (χ3v) is 2.52. The molecule has 0 aromatic heterocycles. The molecule has 17 heavy (non-hydrogen) atoms. The number of halogens is 2. The van der Waals surface area contributed by atoms with E-state index in [0.29, 0.717) is 11.3 Å². The number of rotatable bonds is 5. The van der Waals surface area contributed by atoms with Crippen molar-refractivity contribution in [2.75, 3.05) is 20.8 Å². The van der Waals surface area contributed by atoms with Gasteiger partial charge in [0.25, 0.3) is 5.92 Å². The number of hydrogen-bond acceptors (Lipinski definition) is 3. The zero-order valence-electron chi connectivity index (χ0n) is 10.1. The van der Waals surface area contributed by atoms with Gasteiger partial charge in [-0.1, -0.05) is 0 Å². The van der Waals surface area contributed by atoms with E-state index in [2.05, 4.69) is 0 Å². The van der Waals surface area contributed by atoms with Crippen molar-refractivity contribution in [1.29, 1.82) is 0 Å². The highest BCUT2D eigenvalue weighted by Gasteiger charge is 2.36. The maximum Gasteiger partial charge on any atom is 0.279 e. The largest absolute Gasteiger partial charge is 0.497 e. The predicted molar refractivity (Wildman–Crippen MR) is 59.9 cm³/mol. The molecular weight excluding hydrogens is 230 g/mol. The zero-order valence-corrected chi connectivity index (χ0v) is 10.1. The van der Waals surface area contributed by atoms with E-state index in [1.807, 2.05) is 0 Å². The van der Waals surface area contributed by atoms with Crippen molar-refractivity contribution < 1.29 is 23.4 Å². The van der Waals surface area contributed by atoms with Crippen molar-refractivity contribution in [2.45, 2.75) is 19.3 Å². The van der Waals surface area contributed by atoms with Crippen molar-refractivity contribution in [3.05, 3.63) is 23.3 Å². The molecule has 0 atom stereocenters. The molecule has 0 aliphatic carbocycles. The number of aryl methyl sites for hydroxylation is 1. The number of methoxy groups -OCH3 is 2. The molecule has 0 saturated carbocycles. The minimum absolute atomic E-state index is 0.0697. The lowest BCUT2D eigenvalue weighted by molar-refractivity contribution is -0.0293. The Hall–Kier alpha value is -1.36. The molecule has 0 fully saturated rings. The lowest BCUT2D eigenvalue weighted by Gasteiger charge is -2.21. The van der Waals surface area contributed by atoms with Gasteiger partial charge in [0, 0.05) is 19.1 Å². The standard InChI is InChI=1S/C12H16F2O3/c1-8-6-9(16-2)7-10(17-3)11(8)12(13,14)4-5-15/h6-7,15H,4-5H2,1-3H3. The molecule has 0 aliphatic rings. The number of aliphatic hydroxyl groups excluding tert-OH is 1. The van der Waals surface area contributed by atoms with Crippen LogP contribution in [-0.2, 0) is 5.92 Å². The molecule has 1 rings (SSSR count). The summed E-state index contributed by atoms with van der Waals surface area (Å²) in [7, 11) is 2.78. The third-order valence-electron chi connectivity index (χ3n) is 2.52. The third kappa shape index (κ3) is 2.85. The molecule has 96 valence electrons. The fourth-order valence-corrected chi connectivity index (χ4v) is 1.74. The Kier molecular flexibility index (Phi) is 4.28. The van der Waals surface area contributed by atoms with Gasteiger partial charge >= 0.3 is 0 Å². The molecule has 0 radical (unpaired) electrons. The Bertz CT molecular complexity index is 392. The van der Waals surface area contributed by atoms with Gasteiger partial charge in [-0.05, 0) is 18.6 Å². The second-order valence-corrected chi connectivity index (χ2v) is 3.70. The molecule has 3 nitrogen and oxygen atoms in total. The summed E-state index contributed by atoms with van der Waals surface area (Å²) in [4.78, 5) is 0. The van der Waals surface area contributed by atoms with E-state index in [0.717, 1.165) is 0 Å². The van der Waals surface area contributed by atoms with Gasteiger partial charge < -0.3 is 14.6 Å². The Morgan fingerprint density at radius 3 is 2.35 bits per heavy atom. The van der Waals surface area contributed by atoms with Gasteiger partial charge in [0.2, 0.25) is 0 Å². The summed E-state index contributed by atoms with van der Waals surface area (Å²) in [5.41, 5.74) is 0.175. The average molecular weight is 246 g/mol. The van der Waals surface area contributed by atoms with Crippen LogP contribution in [0.2, 0.25) is 0 Å². The Labute approximate surface area is 99.0 Å². The topological polar surface area (TPSA) is 38.7 Å². The minimum atomic E-state index is -3.11. The summed E-state index contributed by atoms with van der Waals surface area (Å²) in [5.74, 6) is -2.58. The van der Waals surface area contributed by atoms with Crippen molar-refractivity contribution in [1.82, 2.24) is 0 Å². The first-order valence-corrected chi connectivity index (χ1v) is 5.18. The smallest absolute Gasteiger partial charge is 0.279 e. The molecular formula is C12H16F2O3. The number of ether oxygens (including phenoxy) is 2. The molecule has 1 aromatic rings. The molecule has 0 amide bonds. The van der Waals surface area contributed by atoms with Crippen molar-refractivity contribution in [3.63, 3.8) is 0 Å². The maximum atomic E-state index is 13.8. The van der Waals surface area contributed by atoms with Crippen LogP contribution in [-0.4, -0.2) is 25.9 Å². The molecule has 0 aliphatic heterocycles. The Morgan fingerprint density at radius 1 is 1.24 bits per heavy atom. The van der Waals surface area contributed by atoms with E-state index in [1.165, 1.54) is 26.4 Å². The normalized spacial score (nSPS) is 11.4. The molecule has 1 N–H and O–H groups in total. The summed E-state index contributed by atoms with van der Waals surface area (Å²) in [6, 6.07) is 2.93. The van der Waals surface area contributed by atoms with Gasteiger partial charge in [0.15, 0.2) is 0 Å². The van der Waals surface area contributed by atoms with Crippen LogP contribution in [0.4, 0.5) is 8.78 Å². The second kappa shape index (κ2) is 5.31. The van der Waals surface area contributed by atoms with Crippen LogP contribution >= 0.6 is 0 Å². The van der Waals surface area contributed by atoms with E-state index >= 15 is 0 Å². The van der Waals surface area contributed by atoms with Crippen molar-refractivity contribution in [2.24, 2.45) is 0 Å². The molecule has 0 bridgehead atoms. The van der Waals surface area contributed by atoms with Gasteiger partial charge in [-0.3, -0.25) is 0 Å².